The number of aliphatic hydroxyl groups is 2. The lowest BCUT2D eigenvalue weighted by atomic mass is 10.0. The van der Waals surface area contributed by atoms with Gasteiger partial charge in [0.25, 0.3) is 10.9 Å². The molecule has 1 heterocycles. The lowest BCUT2D eigenvalue weighted by molar-refractivity contribution is -0.131. The van der Waals surface area contributed by atoms with Gasteiger partial charge >= 0.3 is 0 Å². The van der Waals surface area contributed by atoms with Gasteiger partial charge in [0, 0.05) is 49.6 Å². The summed E-state index contributed by atoms with van der Waals surface area (Å²) in [5, 5.41) is 40.5. The summed E-state index contributed by atoms with van der Waals surface area (Å²) in [5.41, 5.74) is 5.86. The number of benzene rings is 1. The maximum atomic E-state index is 13.4. The summed E-state index contributed by atoms with van der Waals surface area (Å²) < 4.78 is 37.7. The molecule has 0 aliphatic rings. The largest absolute Gasteiger partial charge is 0.394 e. The zero-order valence-corrected chi connectivity index (χ0v) is 41.2. The standard InChI is InChI=1S/C46H72N10O17/c1-31(58)36(26-48-27-37(47)59)56-41(63)30-54-46(66)35(24-32-25-51-34-5-3-2-4-33(32)34)55-40(62)29-53-39(61)28-52-38(60)6-10-67-14-18-71-22-23-73-20-16-69-12-8-50-43-42(44(64)45(43)65)49-7-11-68-15-19-72-21-17-70-13-9-57/h2-5,25,31,35-36,48-51,57-58H,6-24,26-30H2,1H3,(H2,47,59)(H,52,60)(H,53,61)(H,54,66)(H,55,62)(H,56,63). The smallest absolute Gasteiger partial charge is 0.253 e. The van der Waals surface area contributed by atoms with E-state index in [-0.39, 0.29) is 76.9 Å². The van der Waals surface area contributed by atoms with Gasteiger partial charge in [-0.2, -0.15) is 0 Å². The summed E-state index contributed by atoms with van der Waals surface area (Å²) in [7, 11) is 0. The zero-order chi connectivity index (χ0) is 53.1. The number of aromatic amines is 1. The molecule has 0 spiro atoms. The molecule has 0 fully saturated rings. The topological polar surface area (TPSA) is 380 Å². The average molecular weight is 1040 g/mol. The summed E-state index contributed by atoms with van der Waals surface area (Å²) in [6, 6.07) is 5.38. The number of H-pyrrole nitrogens is 1. The van der Waals surface area contributed by atoms with Crippen LogP contribution in [0.4, 0.5) is 11.4 Å². The molecule has 0 saturated carbocycles. The second kappa shape index (κ2) is 36.7. The van der Waals surface area contributed by atoms with Gasteiger partial charge in [0.05, 0.1) is 137 Å². The fraction of sp³-hybridized carbons (Fsp3) is 0.609. The first-order valence-electron chi connectivity index (χ1n) is 23.9. The number of aromatic nitrogens is 1. The van der Waals surface area contributed by atoms with Gasteiger partial charge < -0.3 is 96.6 Å². The molecule has 408 valence electrons. The van der Waals surface area contributed by atoms with Gasteiger partial charge in [-0.1, -0.05) is 18.2 Å². The van der Waals surface area contributed by atoms with Crippen molar-refractivity contribution in [2.45, 2.75) is 38.0 Å². The maximum Gasteiger partial charge on any atom is 0.253 e. The first-order chi connectivity index (χ1) is 35.3. The van der Waals surface area contributed by atoms with Crippen LogP contribution in [0, 0.1) is 0 Å². The predicted octanol–water partition coefficient (Wildman–Crippen LogP) is -4.90. The number of carbonyl (C=O) groups is 6. The highest BCUT2D eigenvalue weighted by Crippen LogP contribution is 2.19. The van der Waals surface area contributed by atoms with E-state index >= 15 is 0 Å². The molecule has 0 radical (unpaired) electrons. The summed E-state index contributed by atoms with van der Waals surface area (Å²) in [4.78, 5) is 102. The Morgan fingerprint density at radius 2 is 1.11 bits per heavy atom. The number of carbonyl (C=O) groups excluding carboxylic acids is 6. The molecule has 27 heteroatoms. The second-order valence-electron chi connectivity index (χ2n) is 16.0. The monoisotopic (exact) mass is 1040 g/mol. The molecule has 0 bridgehead atoms. The number of anilines is 2. The van der Waals surface area contributed by atoms with Gasteiger partial charge in [-0.25, -0.2) is 0 Å². The fourth-order valence-corrected chi connectivity index (χ4v) is 6.48. The van der Waals surface area contributed by atoms with E-state index < -0.39 is 84.1 Å². The number of fused-ring (bicyclic) bond motifs is 1. The van der Waals surface area contributed by atoms with Crippen molar-refractivity contribution in [1.82, 2.24) is 36.9 Å². The van der Waals surface area contributed by atoms with E-state index in [4.69, 9.17) is 44.0 Å². The van der Waals surface area contributed by atoms with Gasteiger partial charge in [0.1, 0.15) is 17.4 Å². The number of nitrogens with two attached hydrogens (primary N) is 1. The van der Waals surface area contributed by atoms with Crippen LogP contribution in [-0.4, -0.2) is 214 Å². The second-order valence-corrected chi connectivity index (χ2v) is 16.0. The Morgan fingerprint density at radius 3 is 1.67 bits per heavy atom. The number of nitrogens with one attached hydrogen (secondary N) is 9. The van der Waals surface area contributed by atoms with Gasteiger partial charge in [-0.15, -0.1) is 0 Å². The predicted molar refractivity (Wildman–Crippen MR) is 264 cm³/mol. The van der Waals surface area contributed by atoms with Crippen molar-refractivity contribution in [3.05, 3.63) is 56.5 Å². The van der Waals surface area contributed by atoms with E-state index in [1.165, 1.54) is 6.92 Å². The van der Waals surface area contributed by atoms with Crippen LogP contribution in [-0.2, 0) is 68.3 Å². The van der Waals surface area contributed by atoms with Gasteiger partial charge in [-0.3, -0.25) is 38.4 Å². The zero-order valence-electron chi connectivity index (χ0n) is 41.2. The average Bonchev–Trinajstić information content (AvgIpc) is 3.78. The normalized spacial score (nSPS) is 12.5. The number of hydrogen-bond donors (Lipinski definition) is 12. The lowest BCUT2D eigenvalue weighted by Gasteiger charge is -2.22. The van der Waals surface area contributed by atoms with Crippen LogP contribution >= 0.6 is 0 Å². The van der Waals surface area contributed by atoms with Gasteiger partial charge in [-0.05, 0) is 18.6 Å². The SMILES string of the molecule is CC(O)C(CNCC(N)=O)NC(=O)CNC(=O)C(Cc1c[nH]c2ccccc12)NC(=O)CNC(=O)CNC(=O)CCOCCOCCOCCOCCNc1c(NCCOCCOCCOCCO)c(=O)c1=O. The molecule has 1 aromatic heterocycles. The first kappa shape index (κ1) is 61.2. The fourth-order valence-electron chi connectivity index (χ4n) is 6.48. The van der Waals surface area contributed by atoms with E-state index in [2.05, 4.69) is 47.5 Å². The van der Waals surface area contributed by atoms with Crippen LogP contribution in [0.3, 0.4) is 0 Å². The summed E-state index contributed by atoms with van der Waals surface area (Å²) in [5.74, 6) is -3.79. The number of hydrogen-bond acceptors (Lipinski definition) is 20. The molecule has 13 N–H and O–H groups in total. The molecule has 27 nitrogen and oxygen atoms in total. The Balaban J connectivity index is 1.20. The van der Waals surface area contributed by atoms with E-state index in [1.54, 1.807) is 6.20 Å². The van der Waals surface area contributed by atoms with Crippen LogP contribution in [0.5, 0.6) is 0 Å². The molecule has 6 amide bonds. The molecule has 0 aliphatic carbocycles. The highest BCUT2D eigenvalue weighted by molar-refractivity contribution is 5.93. The Labute approximate surface area is 421 Å². The van der Waals surface area contributed by atoms with Crippen molar-refractivity contribution >= 4 is 57.7 Å². The Bertz CT molecular complexity index is 2180. The third-order valence-electron chi connectivity index (χ3n) is 10.2. The van der Waals surface area contributed by atoms with Crippen molar-refractivity contribution in [3.8, 4) is 0 Å². The summed E-state index contributed by atoms with van der Waals surface area (Å²) >= 11 is 0. The van der Waals surface area contributed by atoms with Crippen LogP contribution in [0.15, 0.2) is 40.1 Å². The van der Waals surface area contributed by atoms with E-state index in [1.807, 2.05) is 24.3 Å². The van der Waals surface area contributed by atoms with Crippen molar-refractivity contribution in [2.75, 3.05) is 156 Å². The number of primary amides is 1. The molecule has 2 aromatic carbocycles. The van der Waals surface area contributed by atoms with Crippen molar-refractivity contribution in [3.63, 3.8) is 0 Å². The minimum atomic E-state index is -1.17. The number of amides is 6. The molecule has 3 atom stereocenters. The molecule has 0 saturated heterocycles. The summed E-state index contributed by atoms with van der Waals surface area (Å²) in [6.07, 6.45) is 0.688. The van der Waals surface area contributed by atoms with E-state index in [0.29, 0.717) is 78.1 Å². The van der Waals surface area contributed by atoms with Crippen molar-refractivity contribution in [1.29, 1.82) is 0 Å². The third-order valence-corrected chi connectivity index (χ3v) is 10.2. The minimum Gasteiger partial charge on any atom is -0.394 e. The Kier molecular flexibility index (Phi) is 30.8. The number of aliphatic hydroxyl groups excluding tert-OH is 2. The molecule has 3 rings (SSSR count). The molecule has 3 aromatic rings. The maximum absolute atomic E-state index is 13.4. The summed E-state index contributed by atoms with van der Waals surface area (Å²) in [6.45, 7) is 4.55. The Hall–Kier alpha value is -6.14. The molecule has 3 unspecified atom stereocenters. The Morgan fingerprint density at radius 1 is 0.616 bits per heavy atom. The van der Waals surface area contributed by atoms with Crippen LogP contribution < -0.4 is 59.1 Å². The van der Waals surface area contributed by atoms with E-state index in [0.717, 1.165) is 10.9 Å². The van der Waals surface area contributed by atoms with Crippen LogP contribution in [0.2, 0.25) is 0 Å². The number of para-hydroxylation sites is 1. The van der Waals surface area contributed by atoms with Gasteiger partial charge in [0.2, 0.25) is 35.4 Å². The number of rotatable bonds is 44. The highest BCUT2D eigenvalue weighted by atomic mass is 16.6. The quantitative estimate of drug-likeness (QED) is 0.0187. The van der Waals surface area contributed by atoms with Crippen molar-refractivity contribution in [2.24, 2.45) is 5.73 Å². The minimum absolute atomic E-state index is 0.0291. The van der Waals surface area contributed by atoms with Crippen LogP contribution in [0.25, 0.3) is 10.9 Å². The highest BCUT2D eigenvalue weighted by Gasteiger charge is 2.25. The first-order valence-corrected chi connectivity index (χ1v) is 23.9. The molecular formula is C46H72N10O17. The molecule has 73 heavy (non-hydrogen) atoms. The number of ether oxygens (including phenoxy) is 7. The van der Waals surface area contributed by atoms with Crippen LogP contribution in [0.1, 0.15) is 18.9 Å². The van der Waals surface area contributed by atoms with Crippen molar-refractivity contribution < 1.29 is 72.1 Å². The van der Waals surface area contributed by atoms with Gasteiger partial charge in [0.15, 0.2) is 0 Å². The lowest BCUT2D eigenvalue weighted by Crippen LogP contribution is -2.54. The van der Waals surface area contributed by atoms with E-state index in [9.17, 15) is 43.5 Å². The third kappa shape index (κ3) is 25.9. The molecule has 0 aliphatic heterocycles. The molecular weight excluding hydrogens is 965 g/mol.